The fourth-order valence-corrected chi connectivity index (χ4v) is 4.37. The summed E-state index contributed by atoms with van der Waals surface area (Å²) in [5.41, 5.74) is 4.60. The number of hydrogen-bond acceptors (Lipinski definition) is 6. The number of esters is 1. The van der Waals surface area contributed by atoms with Crippen LogP contribution in [0.4, 0.5) is 5.95 Å². The number of methoxy groups -OCH3 is 2. The number of rotatable bonds is 6. The zero-order chi connectivity index (χ0) is 23.7. The van der Waals surface area contributed by atoms with E-state index in [4.69, 9.17) is 19.2 Å². The quantitative estimate of drug-likeness (QED) is 0.411. The number of nitrogens with one attached hydrogen (secondary N) is 1. The van der Waals surface area contributed by atoms with Gasteiger partial charge >= 0.3 is 5.97 Å². The molecule has 0 spiro atoms. The lowest BCUT2D eigenvalue weighted by Gasteiger charge is -2.31. The van der Waals surface area contributed by atoms with Crippen LogP contribution < -0.4 is 14.8 Å². The normalized spacial score (nSPS) is 15.0. The van der Waals surface area contributed by atoms with Gasteiger partial charge in [0.05, 0.1) is 49.2 Å². The van der Waals surface area contributed by atoms with Crippen LogP contribution in [0.15, 0.2) is 78.4 Å². The molecule has 1 atom stereocenters. The predicted octanol–water partition coefficient (Wildman–Crippen LogP) is 5.04. The number of para-hydroxylation sites is 2. The number of imidazole rings is 1. The van der Waals surface area contributed by atoms with Gasteiger partial charge in [-0.3, -0.25) is 4.57 Å². The molecule has 0 bridgehead atoms. The Balaban J connectivity index is 1.81. The number of hydrogen-bond donors (Lipinski definition) is 1. The van der Waals surface area contributed by atoms with Crippen molar-refractivity contribution in [3.63, 3.8) is 0 Å². The Kier molecular flexibility index (Phi) is 5.67. The summed E-state index contributed by atoms with van der Waals surface area (Å²) in [7, 11) is 3.25. The number of carbonyl (C=O) groups is 1. The fourth-order valence-electron chi connectivity index (χ4n) is 4.37. The third-order valence-corrected chi connectivity index (χ3v) is 5.92. The average molecular weight is 456 g/mol. The van der Waals surface area contributed by atoms with Crippen LogP contribution in [-0.4, -0.2) is 36.3 Å². The van der Waals surface area contributed by atoms with E-state index >= 15 is 0 Å². The number of nitrogens with zero attached hydrogens (tertiary/aromatic N) is 2. The van der Waals surface area contributed by atoms with Crippen LogP contribution in [0, 0.1) is 0 Å². The zero-order valence-electron chi connectivity index (χ0n) is 19.2. The molecule has 0 aliphatic carbocycles. The minimum atomic E-state index is -0.477. The average Bonchev–Trinajstić information content (AvgIpc) is 3.26. The number of ether oxygens (including phenoxy) is 3. The van der Waals surface area contributed by atoms with Crippen molar-refractivity contribution in [2.24, 2.45) is 0 Å². The molecule has 4 aromatic rings. The van der Waals surface area contributed by atoms with Gasteiger partial charge in [0.25, 0.3) is 0 Å². The molecule has 0 fully saturated rings. The predicted molar refractivity (Wildman–Crippen MR) is 131 cm³/mol. The highest BCUT2D eigenvalue weighted by atomic mass is 16.5. The fraction of sp³-hybridized carbons (Fsp3) is 0.185. The molecule has 0 saturated heterocycles. The van der Waals surface area contributed by atoms with E-state index in [1.54, 1.807) is 21.1 Å². The van der Waals surface area contributed by atoms with E-state index in [1.165, 1.54) is 0 Å². The van der Waals surface area contributed by atoms with Crippen molar-refractivity contribution in [3.8, 4) is 11.5 Å². The summed E-state index contributed by atoms with van der Waals surface area (Å²) in [5.74, 6) is 1.69. The molecular weight excluding hydrogens is 430 g/mol. The molecule has 0 amide bonds. The molecule has 2 heterocycles. The highest BCUT2D eigenvalue weighted by molar-refractivity contribution is 6.03. The van der Waals surface area contributed by atoms with Gasteiger partial charge < -0.3 is 19.5 Å². The van der Waals surface area contributed by atoms with Crippen LogP contribution in [0.25, 0.3) is 16.7 Å². The van der Waals surface area contributed by atoms with E-state index in [9.17, 15) is 4.79 Å². The van der Waals surface area contributed by atoms with E-state index in [-0.39, 0.29) is 6.61 Å². The van der Waals surface area contributed by atoms with Crippen LogP contribution in [0.1, 0.15) is 24.1 Å². The Morgan fingerprint density at radius 3 is 2.47 bits per heavy atom. The highest BCUT2D eigenvalue weighted by Crippen LogP contribution is 2.43. The molecule has 1 N–H and O–H groups in total. The maximum absolute atomic E-state index is 13.5. The third-order valence-electron chi connectivity index (χ3n) is 5.92. The standard InChI is InChI=1S/C27H25N3O4/c1-4-34-26(31)23-24(17-12-14-19(32-2)15-13-17)29-27-28-21-10-5-6-11-22(21)30(27)25(23)18-8-7-9-20(16-18)33-3/h5-16,25H,4H2,1-3H3,(H,28,29). The van der Waals surface area contributed by atoms with E-state index < -0.39 is 12.0 Å². The summed E-state index contributed by atoms with van der Waals surface area (Å²) in [6.45, 7) is 2.07. The molecule has 34 heavy (non-hydrogen) atoms. The second-order valence-corrected chi connectivity index (χ2v) is 7.84. The molecule has 1 aliphatic heterocycles. The van der Waals surface area contributed by atoms with E-state index in [0.29, 0.717) is 23.0 Å². The van der Waals surface area contributed by atoms with Crippen molar-refractivity contribution in [1.29, 1.82) is 0 Å². The van der Waals surface area contributed by atoms with Crippen molar-refractivity contribution in [2.75, 3.05) is 26.1 Å². The molecule has 0 radical (unpaired) electrons. The molecule has 1 aromatic heterocycles. The number of fused-ring (bicyclic) bond motifs is 3. The number of benzene rings is 3. The molecule has 3 aromatic carbocycles. The van der Waals surface area contributed by atoms with Gasteiger partial charge in [0, 0.05) is 0 Å². The van der Waals surface area contributed by atoms with Crippen molar-refractivity contribution >= 4 is 28.6 Å². The number of anilines is 1. The van der Waals surface area contributed by atoms with Gasteiger partial charge in [0.15, 0.2) is 0 Å². The SMILES string of the molecule is CCOC(=O)C1=C(c2ccc(OC)cc2)Nc2nc3ccccc3n2C1c1cccc(OC)c1. The first-order valence-electron chi connectivity index (χ1n) is 11.1. The number of aromatic nitrogens is 2. The van der Waals surface area contributed by atoms with E-state index in [0.717, 1.165) is 27.9 Å². The zero-order valence-corrected chi connectivity index (χ0v) is 19.2. The van der Waals surface area contributed by atoms with E-state index in [2.05, 4.69) is 5.32 Å². The molecular formula is C27H25N3O4. The second-order valence-electron chi connectivity index (χ2n) is 7.84. The first-order chi connectivity index (χ1) is 16.6. The monoisotopic (exact) mass is 455 g/mol. The van der Waals surface area contributed by atoms with Crippen LogP contribution in [0.5, 0.6) is 11.5 Å². The molecule has 7 nitrogen and oxygen atoms in total. The first-order valence-corrected chi connectivity index (χ1v) is 11.1. The summed E-state index contributed by atoms with van der Waals surface area (Å²) in [4.78, 5) is 18.3. The topological polar surface area (TPSA) is 74.6 Å². The summed E-state index contributed by atoms with van der Waals surface area (Å²) < 4.78 is 18.4. The lowest BCUT2D eigenvalue weighted by atomic mass is 9.92. The number of carbonyl (C=O) groups excluding carboxylic acids is 1. The smallest absolute Gasteiger partial charge is 0.338 e. The summed E-state index contributed by atoms with van der Waals surface area (Å²) in [6.07, 6.45) is 0. The van der Waals surface area contributed by atoms with Gasteiger partial charge in [-0.15, -0.1) is 0 Å². The van der Waals surface area contributed by atoms with Gasteiger partial charge in [-0.05, 0) is 66.6 Å². The van der Waals surface area contributed by atoms with Crippen molar-refractivity contribution in [2.45, 2.75) is 13.0 Å². The van der Waals surface area contributed by atoms with Crippen LogP contribution >= 0.6 is 0 Å². The van der Waals surface area contributed by atoms with Crippen LogP contribution in [0.2, 0.25) is 0 Å². The van der Waals surface area contributed by atoms with Gasteiger partial charge in [-0.1, -0.05) is 24.3 Å². The Hall–Kier alpha value is -4.26. The van der Waals surface area contributed by atoms with Gasteiger partial charge in [0.1, 0.15) is 11.5 Å². The maximum Gasteiger partial charge on any atom is 0.338 e. The lowest BCUT2D eigenvalue weighted by Crippen LogP contribution is -2.29. The minimum Gasteiger partial charge on any atom is -0.497 e. The summed E-state index contributed by atoms with van der Waals surface area (Å²) >= 11 is 0. The van der Waals surface area contributed by atoms with Gasteiger partial charge in [-0.25, -0.2) is 9.78 Å². The van der Waals surface area contributed by atoms with Crippen molar-refractivity contribution in [1.82, 2.24) is 9.55 Å². The van der Waals surface area contributed by atoms with Crippen molar-refractivity contribution in [3.05, 3.63) is 89.5 Å². The molecule has 1 aliphatic rings. The van der Waals surface area contributed by atoms with Crippen molar-refractivity contribution < 1.29 is 19.0 Å². The van der Waals surface area contributed by atoms with Crippen LogP contribution in [-0.2, 0) is 9.53 Å². The molecule has 1 unspecified atom stereocenters. The Labute approximate surface area is 197 Å². The summed E-state index contributed by atoms with van der Waals surface area (Å²) in [6, 6.07) is 22.7. The Morgan fingerprint density at radius 2 is 1.74 bits per heavy atom. The third kappa shape index (κ3) is 3.65. The maximum atomic E-state index is 13.5. The molecule has 172 valence electrons. The van der Waals surface area contributed by atoms with Crippen LogP contribution in [0.3, 0.4) is 0 Å². The van der Waals surface area contributed by atoms with E-state index in [1.807, 2.05) is 77.4 Å². The molecule has 5 rings (SSSR count). The molecule has 7 heteroatoms. The minimum absolute atomic E-state index is 0.264. The highest BCUT2D eigenvalue weighted by Gasteiger charge is 2.36. The largest absolute Gasteiger partial charge is 0.497 e. The first kappa shape index (κ1) is 21.6. The molecule has 0 saturated carbocycles. The second kappa shape index (κ2) is 8.94. The Morgan fingerprint density at radius 1 is 0.971 bits per heavy atom. The lowest BCUT2D eigenvalue weighted by molar-refractivity contribution is -0.138. The Bertz CT molecular complexity index is 1390. The summed E-state index contributed by atoms with van der Waals surface area (Å²) in [5, 5.41) is 3.42. The van der Waals surface area contributed by atoms with Gasteiger partial charge in [-0.2, -0.15) is 0 Å². The van der Waals surface area contributed by atoms with Gasteiger partial charge in [0.2, 0.25) is 5.95 Å².